The van der Waals surface area contributed by atoms with Crippen molar-refractivity contribution in [2.75, 3.05) is 13.1 Å². The van der Waals surface area contributed by atoms with Gasteiger partial charge in [0.1, 0.15) is 0 Å². The van der Waals surface area contributed by atoms with Gasteiger partial charge in [-0.1, -0.05) is 6.92 Å². The molecule has 1 aromatic rings. The summed E-state index contributed by atoms with van der Waals surface area (Å²) < 4.78 is 0. The fourth-order valence-electron chi connectivity index (χ4n) is 2.09. The Morgan fingerprint density at radius 2 is 2.35 bits per heavy atom. The molecule has 0 fully saturated rings. The van der Waals surface area contributed by atoms with E-state index in [1.807, 2.05) is 0 Å². The Balaban J connectivity index is 2.34. The summed E-state index contributed by atoms with van der Waals surface area (Å²) in [5.74, 6) is -1.46. The summed E-state index contributed by atoms with van der Waals surface area (Å²) in [5.41, 5.74) is 0.904. The van der Waals surface area contributed by atoms with Crippen LogP contribution < -0.4 is 5.56 Å². The van der Waals surface area contributed by atoms with Gasteiger partial charge in [0.15, 0.2) is 0 Å². The van der Waals surface area contributed by atoms with Crippen LogP contribution >= 0.6 is 0 Å². The van der Waals surface area contributed by atoms with Crippen molar-refractivity contribution in [2.45, 2.75) is 26.3 Å². The van der Waals surface area contributed by atoms with E-state index in [1.165, 1.54) is 0 Å². The van der Waals surface area contributed by atoms with Gasteiger partial charge in [-0.15, -0.1) is 0 Å². The van der Waals surface area contributed by atoms with E-state index in [1.54, 1.807) is 0 Å². The average molecular weight is 237 g/mol. The lowest BCUT2D eigenvalue weighted by molar-refractivity contribution is 0.0682. The number of fused-ring (bicyclic) bond motifs is 1. The van der Waals surface area contributed by atoms with Crippen molar-refractivity contribution >= 4 is 5.97 Å². The van der Waals surface area contributed by atoms with Gasteiger partial charge in [-0.3, -0.25) is 9.69 Å². The maximum atomic E-state index is 11.8. The maximum Gasteiger partial charge on any atom is 0.372 e. The zero-order valence-corrected chi connectivity index (χ0v) is 9.69. The number of H-pyrrole nitrogens is 1. The fraction of sp³-hybridized carbons (Fsp3) is 0.545. The van der Waals surface area contributed by atoms with E-state index < -0.39 is 5.97 Å². The first-order valence-corrected chi connectivity index (χ1v) is 5.69. The minimum absolute atomic E-state index is 0.266. The highest BCUT2D eigenvalue weighted by Crippen LogP contribution is 2.13. The van der Waals surface area contributed by atoms with Gasteiger partial charge in [0.05, 0.1) is 11.3 Å². The largest absolute Gasteiger partial charge is 0.475 e. The highest BCUT2D eigenvalue weighted by atomic mass is 16.4. The number of aromatic amines is 1. The molecule has 6 nitrogen and oxygen atoms in total. The zero-order chi connectivity index (χ0) is 12.4. The second-order valence-corrected chi connectivity index (χ2v) is 4.17. The number of nitrogens with zero attached hydrogens (tertiary/aromatic N) is 2. The van der Waals surface area contributed by atoms with Crippen molar-refractivity contribution in [3.8, 4) is 0 Å². The summed E-state index contributed by atoms with van der Waals surface area (Å²) in [6, 6.07) is 0. The number of rotatable bonds is 3. The topological polar surface area (TPSA) is 86.3 Å². The molecule has 2 N–H and O–H groups in total. The molecule has 0 radical (unpaired) electrons. The summed E-state index contributed by atoms with van der Waals surface area (Å²) in [5, 5.41) is 8.80. The van der Waals surface area contributed by atoms with Crippen LogP contribution in [-0.2, 0) is 13.0 Å². The van der Waals surface area contributed by atoms with Crippen LogP contribution in [0, 0.1) is 0 Å². The SMILES string of the molecule is CCCN1CCc2nc(C(=O)O)[nH]c(=O)c2C1. The number of hydrogen-bond acceptors (Lipinski definition) is 4. The smallest absolute Gasteiger partial charge is 0.372 e. The molecule has 6 heteroatoms. The third-order valence-electron chi connectivity index (χ3n) is 2.89. The molecule has 2 heterocycles. The second kappa shape index (κ2) is 4.67. The van der Waals surface area contributed by atoms with Gasteiger partial charge < -0.3 is 10.1 Å². The first-order valence-electron chi connectivity index (χ1n) is 5.69. The molecule has 0 unspecified atom stereocenters. The fourth-order valence-corrected chi connectivity index (χ4v) is 2.09. The quantitative estimate of drug-likeness (QED) is 0.786. The Bertz CT molecular complexity index is 495. The number of carbonyl (C=O) groups is 1. The average Bonchev–Trinajstić information content (AvgIpc) is 2.30. The number of nitrogens with one attached hydrogen (secondary N) is 1. The van der Waals surface area contributed by atoms with Gasteiger partial charge in [-0.25, -0.2) is 9.78 Å². The lowest BCUT2D eigenvalue weighted by Gasteiger charge is -2.26. The van der Waals surface area contributed by atoms with Gasteiger partial charge in [0, 0.05) is 19.5 Å². The predicted molar refractivity (Wildman–Crippen MR) is 61.1 cm³/mol. The molecular weight excluding hydrogens is 222 g/mol. The van der Waals surface area contributed by atoms with Gasteiger partial charge in [0.2, 0.25) is 5.82 Å². The molecule has 0 saturated carbocycles. The third kappa shape index (κ3) is 2.36. The summed E-state index contributed by atoms with van der Waals surface area (Å²) in [6.07, 6.45) is 1.67. The minimum atomic E-state index is -1.19. The van der Waals surface area contributed by atoms with Crippen molar-refractivity contribution in [1.29, 1.82) is 0 Å². The lowest BCUT2D eigenvalue weighted by atomic mass is 10.1. The molecule has 0 spiro atoms. The predicted octanol–water partition coefficient (Wildman–Crippen LogP) is 0.236. The van der Waals surface area contributed by atoms with Gasteiger partial charge in [-0.05, 0) is 13.0 Å². The Kier molecular flexibility index (Phi) is 3.23. The number of carboxylic acid groups (broad SMARTS) is 1. The molecule has 0 aliphatic carbocycles. The highest BCUT2D eigenvalue weighted by Gasteiger charge is 2.21. The van der Waals surface area contributed by atoms with Crippen LogP contribution in [-0.4, -0.2) is 39.0 Å². The Hall–Kier alpha value is -1.69. The van der Waals surface area contributed by atoms with Crippen LogP contribution in [0.5, 0.6) is 0 Å². The van der Waals surface area contributed by atoms with Crippen LogP contribution in [0.4, 0.5) is 0 Å². The third-order valence-corrected chi connectivity index (χ3v) is 2.89. The minimum Gasteiger partial charge on any atom is -0.475 e. The monoisotopic (exact) mass is 237 g/mol. The maximum absolute atomic E-state index is 11.8. The van der Waals surface area contributed by atoms with Crippen LogP contribution in [0.2, 0.25) is 0 Å². The molecule has 2 rings (SSSR count). The molecule has 17 heavy (non-hydrogen) atoms. The summed E-state index contributed by atoms with van der Waals surface area (Å²) in [7, 11) is 0. The molecule has 0 aromatic carbocycles. The van der Waals surface area contributed by atoms with Crippen LogP contribution in [0.15, 0.2) is 4.79 Å². The summed E-state index contributed by atoms with van der Waals surface area (Å²) >= 11 is 0. The molecule has 1 aromatic heterocycles. The van der Waals surface area contributed by atoms with Gasteiger partial charge in [-0.2, -0.15) is 0 Å². The van der Waals surface area contributed by atoms with Gasteiger partial charge in [0.25, 0.3) is 5.56 Å². The molecule has 0 amide bonds. The Morgan fingerprint density at radius 3 is 3.00 bits per heavy atom. The Labute approximate surface area is 98.3 Å². The number of aromatic carboxylic acids is 1. The van der Waals surface area contributed by atoms with Crippen molar-refractivity contribution in [3.05, 3.63) is 27.4 Å². The van der Waals surface area contributed by atoms with E-state index in [-0.39, 0.29) is 11.4 Å². The molecule has 92 valence electrons. The molecular formula is C11H15N3O3. The number of hydrogen-bond donors (Lipinski definition) is 2. The molecule has 1 aliphatic heterocycles. The van der Waals surface area contributed by atoms with E-state index in [0.717, 1.165) is 19.5 Å². The van der Waals surface area contributed by atoms with E-state index in [0.29, 0.717) is 24.2 Å². The van der Waals surface area contributed by atoms with E-state index >= 15 is 0 Å². The van der Waals surface area contributed by atoms with Crippen LogP contribution in [0.3, 0.4) is 0 Å². The zero-order valence-electron chi connectivity index (χ0n) is 9.69. The standard InChI is InChI=1S/C11H15N3O3/c1-2-4-14-5-3-8-7(6-14)10(15)13-9(12-8)11(16)17/h2-6H2,1H3,(H,16,17)(H,12,13,15). The summed E-state index contributed by atoms with van der Waals surface area (Å²) in [6.45, 7) is 4.42. The normalized spacial score (nSPS) is 15.6. The molecule has 0 atom stereocenters. The van der Waals surface area contributed by atoms with Crippen molar-refractivity contribution in [3.63, 3.8) is 0 Å². The van der Waals surface area contributed by atoms with Crippen molar-refractivity contribution in [2.24, 2.45) is 0 Å². The van der Waals surface area contributed by atoms with E-state index in [4.69, 9.17) is 5.11 Å². The van der Waals surface area contributed by atoms with Crippen molar-refractivity contribution < 1.29 is 9.90 Å². The second-order valence-electron chi connectivity index (χ2n) is 4.17. The molecule has 0 saturated heterocycles. The number of carboxylic acids is 1. The van der Waals surface area contributed by atoms with Gasteiger partial charge >= 0.3 is 5.97 Å². The molecule has 1 aliphatic rings. The van der Waals surface area contributed by atoms with Crippen LogP contribution in [0.1, 0.15) is 35.2 Å². The van der Waals surface area contributed by atoms with Crippen molar-refractivity contribution in [1.82, 2.24) is 14.9 Å². The molecule has 0 bridgehead atoms. The first-order chi connectivity index (χ1) is 8.11. The first kappa shape index (κ1) is 11.8. The summed E-state index contributed by atoms with van der Waals surface area (Å²) in [4.78, 5) is 31.0. The highest BCUT2D eigenvalue weighted by molar-refractivity contribution is 5.83. The van der Waals surface area contributed by atoms with E-state index in [9.17, 15) is 9.59 Å². The van der Waals surface area contributed by atoms with E-state index in [2.05, 4.69) is 21.8 Å². The number of aromatic nitrogens is 2. The lowest BCUT2D eigenvalue weighted by Crippen LogP contribution is -2.36. The van der Waals surface area contributed by atoms with Crippen LogP contribution in [0.25, 0.3) is 0 Å². The Morgan fingerprint density at radius 1 is 1.59 bits per heavy atom.